The normalized spacial score (nSPS) is 14.8. The average Bonchev–Trinajstić information content (AvgIpc) is 3.68. The number of hydrogen-bond acceptors (Lipinski definition) is 8. The third-order valence-electron chi connectivity index (χ3n) is 7.01. The summed E-state index contributed by atoms with van der Waals surface area (Å²) in [4.78, 5) is 28.0. The smallest absolute Gasteiger partial charge is 0.261 e. The summed E-state index contributed by atoms with van der Waals surface area (Å²) in [6.45, 7) is 4.21. The molecule has 0 unspecified atom stereocenters. The predicted molar refractivity (Wildman–Crippen MR) is 145 cm³/mol. The minimum absolute atomic E-state index is 0.0215. The van der Waals surface area contributed by atoms with Gasteiger partial charge in [-0.3, -0.25) is 9.48 Å². The first-order chi connectivity index (χ1) is 18.9. The monoisotopic (exact) mass is 526 g/mol. The second kappa shape index (κ2) is 9.91. The SMILES string of the molecule is C=CCn1cc(Nc2nc(N)nc(-c3cccc(N4CCc5cc(C6CC6)cc(F)c5C4=O)c3CO)n2)cn1. The molecule has 1 saturated carbocycles. The highest BCUT2D eigenvalue weighted by Crippen LogP contribution is 2.42. The van der Waals surface area contributed by atoms with Gasteiger partial charge in [0.2, 0.25) is 11.9 Å². The van der Waals surface area contributed by atoms with Gasteiger partial charge in [-0.15, -0.1) is 6.58 Å². The Kier molecular flexibility index (Phi) is 6.27. The maximum absolute atomic E-state index is 15.1. The lowest BCUT2D eigenvalue weighted by molar-refractivity contribution is 0.0976. The Labute approximate surface area is 224 Å². The number of fused-ring (bicyclic) bond motifs is 1. The number of nitrogen functional groups attached to an aromatic ring is 1. The standard InChI is InChI=1S/C28H27FN8O2/c1-2-9-36-14-19(13-31-36)32-28-34-25(33-27(30)35-28)20-4-3-5-23(21(20)15-38)37-10-8-17-11-18(16-6-7-16)12-22(29)24(17)26(37)39/h2-5,11-14,16,38H,1,6-10,15H2,(H3,30,32,33,34,35). The number of benzene rings is 2. The molecule has 11 heteroatoms. The zero-order valence-electron chi connectivity index (χ0n) is 21.1. The van der Waals surface area contributed by atoms with Crippen LogP contribution in [0.25, 0.3) is 11.4 Å². The van der Waals surface area contributed by atoms with E-state index >= 15 is 4.39 Å². The van der Waals surface area contributed by atoms with E-state index in [2.05, 4.69) is 31.9 Å². The van der Waals surface area contributed by atoms with Crippen LogP contribution in [0, 0.1) is 5.82 Å². The van der Waals surface area contributed by atoms with Gasteiger partial charge in [0.15, 0.2) is 5.82 Å². The van der Waals surface area contributed by atoms with Gasteiger partial charge in [-0.1, -0.05) is 24.3 Å². The minimum atomic E-state index is -0.497. The third kappa shape index (κ3) is 4.72. The lowest BCUT2D eigenvalue weighted by Gasteiger charge is -2.31. The number of carbonyl (C=O) groups excluding carboxylic acids is 1. The minimum Gasteiger partial charge on any atom is -0.392 e. The summed E-state index contributed by atoms with van der Waals surface area (Å²) in [5.41, 5.74) is 9.82. The molecular formula is C28H27FN8O2. The van der Waals surface area contributed by atoms with Crippen LogP contribution in [0.4, 0.5) is 27.7 Å². The first-order valence-corrected chi connectivity index (χ1v) is 12.7. The molecule has 2 aromatic carbocycles. The van der Waals surface area contributed by atoms with Crippen molar-refractivity contribution in [2.75, 3.05) is 22.5 Å². The van der Waals surface area contributed by atoms with Gasteiger partial charge in [-0.2, -0.15) is 20.1 Å². The van der Waals surface area contributed by atoms with Crippen molar-refractivity contribution < 1.29 is 14.3 Å². The maximum atomic E-state index is 15.1. The zero-order chi connectivity index (χ0) is 27.1. The molecule has 0 spiro atoms. The summed E-state index contributed by atoms with van der Waals surface area (Å²) in [7, 11) is 0. The van der Waals surface area contributed by atoms with Crippen molar-refractivity contribution in [3.05, 3.63) is 83.5 Å². The Balaban J connectivity index is 1.34. The largest absolute Gasteiger partial charge is 0.392 e. The molecule has 0 bridgehead atoms. The van der Waals surface area contributed by atoms with E-state index in [-0.39, 0.29) is 23.3 Å². The van der Waals surface area contributed by atoms with E-state index in [1.54, 1.807) is 41.4 Å². The van der Waals surface area contributed by atoms with Crippen molar-refractivity contribution in [2.24, 2.45) is 0 Å². The molecule has 39 heavy (non-hydrogen) atoms. The highest BCUT2D eigenvalue weighted by atomic mass is 19.1. The number of anilines is 4. The summed E-state index contributed by atoms with van der Waals surface area (Å²) in [5.74, 6) is -0.140. The van der Waals surface area contributed by atoms with Crippen LogP contribution in [0.2, 0.25) is 0 Å². The van der Waals surface area contributed by atoms with Crippen LogP contribution < -0.4 is 16.0 Å². The number of halogens is 1. The number of nitrogens with zero attached hydrogens (tertiary/aromatic N) is 6. The number of allylic oxidation sites excluding steroid dienone is 1. The number of nitrogens with one attached hydrogen (secondary N) is 1. The van der Waals surface area contributed by atoms with Gasteiger partial charge in [0.05, 0.1) is 36.3 Å². The molecule has 10 nitrogen and oxygen atoms in total. The summed E-state index contributed by atoms with van der Waals surface area (Å²) in [5, 5.41) is 17.7. The second-order valence-corrected chi connectivity index (χ2v) is 9.68. The fraction of sp³-hybridized carbons (Fsp3) is 0.250. The lowest BCUT2D eigenvalue weighted by Crippen LogP contribution is -2.39. The number of aromatic nitrogens is 5. The van der Waals surface area contributed by atoms with Crippen LogP contribution in [0.5, 0.6) is 0 Å². The second-order valence-electron chi connectivity index (χ2n) is 9.68. The average molecular weight is 527 g/mol. The van der Waals surface area contributed by atoms with Crippen molar-refractivity contribution in [2.45, 2.75) is 38.3 Å². The molecule has 0 radical (unpaired) electrons. The Bertz CT molecular complexity index is 1600. The molecule has 4 aromatic rings. The molecule has 1 amide bonds. The molecule has 0 atom stereocenters. The van der Waals surface area contributed by atoms with E-state index in [4.69, 9.17) is 5.73 Å². The molecule has 6 rings (SSSR count). The van der Waals surface area contributed by atoms with Gasteiger partial charge in [-0.05, 0) is 48.4 Å². The van der Waals surface area contributed by atoms with Crippen LogP contribution >= 0.6 is 0 Å². The number of rotatable bonds is 8. The van der Waals surface area contributed by atoms with Crippen LogP contribution in [-0.4, -0.2) is 42.3 Å². The number of hydrogen-bond donors (Lipinski definition) is 3. The Morgan fingerprint density at radius 1 is 1.23 bits per heavy atom. The number of nitrogens with two attached hydrogens (primary N) is 1. The van der Waals surface area contributed by atoms with E-state index in [1.165, 1.54) is 11.0 Å². The van der Waals surface area contributed by atoms with Gasteiger partial charge in [0.1, 0.15) is 5.82 Å². The maximum Gasteiger partial charge on any atom is 0.261 e. The van der Waals surface area contributed by atoms with Crippen molar-refractivity contribution in [1.29, 1.82) is 0 Å². The molecule has 4 N–H and O–H groups in total. The Hall–Kier alpha value is -4.64. The van der Waals surface area contributed by atoms with Crippen molar-refractivity contribution in [1.82, 2.24) is 24.7 Å². The number of aliphatic hydroxyl groups excluding tert-OH is 1. The molecule has 1 fully saturated rings. The Morgan fingerprint density at radius 2 is 2.08 bits per heavy atom. The van der Waals surface area contributed by atoms with Crippen LogP contribution in [0.3, 0.4) is 0 Å². The molecule has 2 aliphatic rings. The van der Waals surface area contributed by atoms with E-state index in [9.17, 15) is 9.90 Å². The van der Waals surface area contributed by atoms with Gasteiger partial charge >= 0.3 is 0 Å². The molecular weight excluding hydrogens is 499 g/mol. The quantitative estimate of drug-likeness (QED) is 0.294. The fourth-order valence-electron chi connectivity index (χ4n) is 5.04. The van der Waals surface area contributed by atoms with E-state index in [0.29, 0.717) is 47.9 Å². The van der Waals surface area contributed by atoms with Crippen molar-refractivity contribution in [3.8, 4) is 11.4 Å². The van der Waals surface area contributed by atoms with Gasteiger partial charge in [0.25, 0.3) is 5.91 Å². The summed E-state index contributed by atoms with van der Waals surface area (Å²) in [6.07, 6.45) is 7.75. The summed E-state index contributed by atoms with van der Waals surface area (Å²) >= 11 is 0. The summed E-state index contributed by atoms with van der Waals surface area (Å²) < 4.78 is 16.8. The fourth-order valence-corrected chi connectivity index (χ4v) is 5.04. The van der Waals surface area contributed by atoms with Crippen molar-refractivity contribution >= 4 is 29.2 Å². The first kappa shape index (κ1) is 24.7. The van der Waals surface area contributed by atoms with E-state index < -0.39 is 18.3 Å². The van der Waals surface area contributed by atoms with Gasteiger partial charge < -0.3 is 21.1 Å². The highest BCUT2D eigenvalue weighted by Gasteiger charge is 2.33. The van der Waals surface area contributed by atoms with Crippen molar-refractivity contribution in [3.63, 3.8) is 0 Å². The first-order valence-electron chi connectivity index (χ1n) is 12.7. The molecule has 0 saturated heterocycles. The number of amides is 1. The van der Waals surface area contributed by atoms with Crippen LogP contribution in [0.15, 0.2) is 55.4 Å². The molecule has 198 valence electrons. The van der Waals surface area contributed by atoms with Gasteiger partial charge in [-0.25, -0.2) is 4.39 Å². The molecule has 2 aromatic heterocycles. The lowest BCUT2D eigenvalue weighted by atomic mass is 9.93. The zero-order valence-corrected chi connectivity index (χ0v) is 21.1. The number of aliphatic hydroxyl groups is 1. The van der Waals surface area contributed by atoms with Crippen LogP contribution in [-0.2, 0) is 19.6 Å². The molecule has 3 heterocycles. The van der Waals surface area contributed by atoms with E-state index in [0.717, 1.165) is 24.0 Å². The summed E-state index contributed by atoms with van der Waals surface area (Å²) in [6, 6.07) is 8.67. The Morgan fingerprint density at radius 3 is 2.85 bits per heavy atom. The van der Waals surface area contributed by atoms with Crippen LogP contribution in [0.1, 0.15) is 45.8 Å². The van der Waals surface area contributed by atoms with E-state index in [1.807, 2.05) is 6.07 Å². The predicted octanol–water partition coefficient (Wildman–Crippen LogP) is 3.96. The topological polar surface area (TPSA) is 135 Å². The third-order valence-corrected chi connectivity index (χ3v) is 7.01. The molecule has 1 aliphatic heterocycles. The molecule has 1 aliphatic carbocycles. The number of carbonyl (C=O) groups is 1. The van der Waals surface area contributed by atoms with Gasteiger partial charge in [0, 0.05) is 23.9 Å². The highest BCUT2D eigenvalue weighted by molar-refractivity contribution is 6.09.